The minimum atomic E-state index is -0.169. The van der Waals surface area contributed by atoms with Crippen LogP contribution in [0.2, 0.25) is 5.02 Å². The van der Waals surface area contributed by atoms with Crippen LogP contribution in [0, 0.1) is 0 Å². The topological polar surface area (TPSA) is 51.1 Å². The molecule has 0 aliphatic carbocycles. The van der Waals surface area contributed by atoms with Gasteiger partial charge in [-0.25, -0.2) is 0 Å². The van der Waals surface area contributed by atoms with Crippen LogP contribution in [0.5, 0.6) is 11.5 Å². The Labute approximate surface area is 196 Å². The Hall–Kier alpha value is -3.22. The number of hydrazone groups is 1. The van der Waals surface area contributed by atoms with E-state index in [1.54, 1.807) is 26.0 Å². The normalized spacial score (nSPS) is 14.6. The first-order valence-corrected chi connectivity index (χ1v) is 11.2. The van der Waals surface area contributed by atoms with Crippen molar-refractivity contribution in [3.05, 3.63) is 89.0 Å². The lowest BCUT2D eigenvalue weighted by Gasteiger charge is -2.11. The van der Waals surface area contributed by atoms with Crippen molar-refractivity contribution in [2.75, 3.05) is 25.0 Å². The molecule has 0 unspecified atom stereocenters. The maximum Gasteiger partial charge on any atom is 0.280 e. The highest BCUT2D eigenvalue weighted by Gasteiger charge is 2.31. The van der Waals surface area contributed by atoms with Crippen molar-refractivity contribution >= 4 is 46.7 Å². The molecule has 32 heavy (non-hydrogen) atoms. The Morgan fingerprint density at radius 1 is 0.969 bits per heavy atom. The summed E-state index contributed by atoms with van der Waals surface area (Å²) in [6.45, 7) is 0. The maximum absolute atomic E-state index is 13.3. The van der Waals surface area contributed by atoms with E-state index in [1.165, 1.54) is 5.01 Å². The number of carbonyl (C=O) groups is 1. The summed E-state index contributed by atoms with van der Waals surface area (Å²) in [5, 5.41) is 6.79. The minimum Gasteiger partial charge on any atom is -0.493 e. The van der Waals surface area contributed by atoms with Gasteiger partial charge in [-0.15, -0.1) is 11.8 Å². The molecule has 4 rings (SSSR count). The molecule has 0 bridgehead atoms. The van der Waals surface area contributed by atoms with Gasteiger partial charge in [-0.2, -0.15) is 10.1 Å². The van der Waals surface area contributed by atoms with E-state index in [2.05, 4.69) is 5.10 Å². The van der Waals surface area contributed by atoms with Crippen molar-refractivity contribution in [2.24, 2.45) is 5.10 Å². The molecule has 5 nitrogen and oxygen atoms in total. The highest BCUT2D eigenvalue weighted by atomic mass is 35.5. The first-order chi connectivity index (χ1) is 15.6. The average Bonchev–Trinajstić information content (AvgIpc) is 3.14. The molecule has 3 aromatic rings. The average molecular weight is 465 g/mol. The van der Waals surface area contributed by atoms with Crippen molar-refractivity contribution in [3.63, 3.8) is 0 Å². The number of benzene rings is 3. The highest BCUT2D eigenvalue weighted by Crippen LogP contribution is 2.31. The van der Waals surface area contributed by atoms with Crippen LogP contribution in [0.15, 0.2) is 88.4 Å². The molecule has 0 aromatic heterocycles. The SMILES string of the molecule is COc1ccc(/C=C2/C(=O)N(c3ccccc3)N=C2CSc2ccc(Cl)cc2)cc1OC. The second kappa shape index (κ2) is 9.94. The summed E-state index contributed by atoms with van der Waals surface area (Å²) < 4.78 is 10.7. The standard InChI is InChI=1S/C25H21ClN2O3S/c1-30-23-13-8-17(15-24(23)31-2)14-21-22(16-32-20-11-9-18(26)10-12-20)27-28(25(21)29)19-6-4-3-5-7-19/h3-15H,16H2,1-2H3/b21-14+. The van der Waals surface area contributed by atoms with Gasteiger partial charge in [0.1, 0.15) is 0 Å². The van der Waals surface area contributed by atoms with Gasteiger partial charge in [-0.3, -0.25) is 4.79 Å². The second-order valence-electron chi connectivity index (χ2n) is 6.91. The quantitative estimate of drug-likeness (QED) is 0.321. The number of hydrogen-bond donors (Lipinski definition) is 0. The summed E-state index contributed by atoms with van der Waals surface area (Å²) in [4.78, 5) is 14.4. The zero-order valence-electron chi connectivity index (χ0n) is 17.6. The van der Waals surface area contributed by atoms with E-state index in [1.807, 2.05) is 78.9 Å². The van der Waals surface area contributed by atoms with Gasteiger partial charge in [0.15, 0.2) is 11.5 Å². The third-order valence-electron chi connectivity index (χ3n) is 4.86. The summed E-state index contributed by atoms with van der Waals surface area (Å²) >= 11 is 7.59. The lowest BCUT2D eigenvalue weighted by Crippen LogP contribution is -2.21. The number of methoxy groups -OCH3 is 2. The molecule has 7 heteroatoms. The molecular weight excluding hydrogens is 444 g/mol. The van der Waals surface area contributed by atoms with Crippen LogP contribution in [0.25, 0.3) is 6.08 Å². The van der Waals surface area contributed by atoms with Crippen molar-refractivity contribution < 1.29 is 14.3 Å². The molecule has 0 atom stereocenters. The van der Waals surface area contributed by atoms with Crippen molar-refractivity contribution in [1.29, 1.82) is 0 Å². The largest absolute Gasteiger partial charge is 0.493 e. The highest BCUT2D eigenvalue weighted by molar-refractivity contribution is 8.00. The van der Waals surface area contributed by atoms with Crippen LogP contribution >= 0.6 is 23.4 Å². The lowest BCUT2D eigenvalue weighted by atomic mass is 10.1. The molecule has 1 aliphatic rings. The number of ether oxygens (including phenoxy) is 2. The minimum absolute atomic E-state index is 0.169. The van der Waals surface area contributed by atoms with E-state index in [0.717, 1.165) is 16.1 Å². The van der Waals surface area contributed by atoms with E-state index in [-0.39, 0.29) is 5.91 Å². The number of para-hydroxylation sites is 1. The number of hydrogen-bond acceptors (Lipinski definition) is 5. The monoisotopic (exact) mass is 464 g/mol. The molecule has 1 amide bonds. The molecule has 0 N–H and O–H groups in total. The molecule has 0 radical (unpaired) electrons. The fourth-order valence-corrected chi connectivity index (χ4v) is 4.22. The number of anilines is 1. The predicted molar refractivity (Wildman–Crippen MR) is 131 cm³/mol. The van der Waals surface area contributed by atoms with Crippen LogP contribution in [0.1, 0.15) is 5.56 Å². The smallest absolute Gasteiger partial charge is 0.280 e. The van der Waals surface area contributed by atoms with Crippen molar-refractivity contribution in [2.45, 2.75) is 4.90 Å². The Morgan fingerprint density at radius 3 is 2.38 bits per heavy atom. The number of halogens is 1. The van der Waals surface area contributed by atoms with Crippen molar-refractivity contribution in [1.82, 2.24) is 0 Å². The third kappa shape index (κ3) is 4.82. The number of rotatable bonds is 7. The van der Waals surface area contributed by atoms with Crippen LogP contribution in [0.4, 0.5) is 5.69 Å². The predicted octanol–water partition coefficient (Wildman–Crippen LogP) is 5.94. The molecule has 0 fully saturated rings. The Balaban J connectivity index is 1.67. The molecule has 162 valence electrons. The van der Waals surface area contributed by atoms with Gasteiger partial charge in [0, 0.05) is 15.7 Å². The first kappa shape index (κ1) is 22.0. The fraction of sp³-hybridized carbons (Fsp3) is 0.120. The second-order valence-corrected chi connectivity index (χ2v) is 8.40. The third-order valence-corrected chi connectivity index (χ3v) is 6.14. The van der Waals surface area contributed by atoms with Crippen molar-refractivity contribution in [3.8, 4) is 11.5 Å². The molecule has 0 spiro atoms. The van der Waals surface area contributed by atoms with Gasteiger partial charge < -0.3 is 9.47 Å². The lowest BCUT2D eigenvalue weighted by molar-refractivity contribution is -0.114. The maximum atomic E-state index is 13.3. The van der Waals surface area contributed by atoms with Gasteiger partial charge >= 0.3 is 0 Å². The Bertz CT molecular complexity index is 1180. The molecule has 1 aliphatic heterocycles. The molecule has 0 saturated heterocycles. The summed E-state index contributed by atoms with van der Waals surface area (Å²) in [7, 11) is 3.18. The number of carbonyl (C=O) groups excluding carboxylic acids is 1. The first-order valence-electron chi connectivity index (χ1n) is 9.88. The Morgan fingerprint density at radius 2 is 1.69 bits per heavy atom. The van der Waals surface area contributed by atoms with Gasteiger partial charge in [-0.05, 0) is 60.2 Å². The zero-order valence-corrected chi connectivity index (χ0v) is 19.2. The molecular formula is C25H21ClN2O3S. The summed E-state index contributed by atoms with van der Waals surface area (Å²) in [6, 6.07) is 22.6. The zero-order chi connectivity index (χ0) is 22.5. The Kier molecular flexibility index (Phi) is 6.83. The number of thioether (sulfide) groups is 1. The van der Waals surface area contributed by atoms with E-state index in [9.17, 15) is 4.79 Å². The summed E-state index contributed by atoms with van der Waals surface area (Å²) in [5.41, 5.74) is 2.79. The van der Waals surface area contributed by atoms with E-state index < -0.39 is 0 Å². The van der Waals surface area contributed by atoms with Crippen LogP contribution in [-0.2, 0) is 4.79 Å². The van der Waals surface area contributed by atoms with E-state index >= 15 is 0 Å². The fourth-order valence-electron chi connectivity index (χ4n) is 3.25. The van der Waals surface area contributed by atoms with Gasteiger partial charge in [0.2, 0.25) is 0 Å². The van der Waals surface area contributed by atoms with Crippen LogP contribution in [0.3, 0.4) is 0 Å². The van der Waals surface area contributed by atoms with Gasteiger partial charge in [0.25, 0.3) is 5.91 Å². The van der Waals surface area contributed by atoms with Crippen LogP contribution < -0.4 is 14.5 Å². The van der Waals surface area contributed by atoms with E-state index in [4.69, 9.17) is 21.1 Å². The molecule has 1 heterocycles. The summed E-state index contributed by atoms with van der Waals surface area (Å²) in [5.74, 6) is 1.60. The summed E-state index contributed by atoms with van der Waals surface area (Å²) in [6.07, 6.45) is 1.84. The van der Waals surface area contributed by atoms with Gasteiger partial charge in [0.05, 0.1) is 31.2 Å². The molecule has 0 saturated carbocycles. The van der Waals surface area contributed by atoms with Crippen LogP contribution in [-0.4, -0.2) is 31.6 Å². The number of amides is 1. The number of nitrogens with zero attached hydrogens (tertiary/aromatic N) is 2. The van der Waals surface area contributed by atoms with Gasteiger partial charge in [-0.1, -0.05) is 35.9 Å². The molecule has 3 aromatic carbocycles. The van der Waals surface area contributed by atoms with E-state index in [0.29, 0.717) is 33.6 Å².